The van der Waals surface area contributed by atoms with Crippen molar-refractivity contribution in [3.8, 4) is 0 Å². The summed E-state index contributed by atoms with van der Waals surface area (Å²) in [5.41, 5.74) is 3.45. The van der Waals surface area contributed by atoms with Gasteiger partial charge in [-0.2, -0.15) is 5.10 Å². The fraction of sp³-hybridized carbons (Fsp3) is 0.538. The number of hydrogen-bond donors (Lipinski definition) is 0. The van der Waals surface area contributed by atoms with Gasteiger partial charge in [0.1, 0.15) is 5.01 Å². The van der Waals surface area contributed by atoms with Gasteiger partial charge in [-0.15, -0.1) is 11.3 Å². The molecule has 2 aromatic heterocycles. The van der Waals surface area contributed by atoms with Crippen LogP contribution in [0.15, 0.2) is 9.85 Å². The van der Waals surface area contributed by atoms with Gasteiger partial charge in [-0.1, -0.05) is 20.8 Å². The summed E-state index contributed by atoms with van der Waals surface area (Å²) < 4.78 is 3.10. The lowest BCUT2D eigenvalue weighted by Gasteiger charge is -2.14. The first-order valence-electron chi connectivity index (χ1n) is 5.93. The van der Waals surface area contributed by atoms with Crippen LogP contribution in [0, 0.1) is 13.8 Å². The van der Waals surface area contributed by atoms with E-state index in [4.69, 9.17) is 4.98 Å². The van der Waals surface area contributed by atoms with Gasteiger partial charge in [-0.05, 0) is 29.8 Å². The van der Waals surface area contributed by atoms with Gasteiger partial charge in [0.25, 0.3) is 0 Å². The van der Waals surface area contributed by atoms with Crippen LogP contribution < -0.4 is 0 Å². The number of hydrogen-bond acceptors (Lipinski definition) is 3. The molecule has 0 fully saturated rings. The molecule has 0 saturated heterocycles. The standard InChI is InChI=1S/C13H18BrN3S/c1-8-12(14)9(2)17(16-8)6-11-15-10(7-18-11)13(3,4)5/h7H,6H2,1-5H3. The molecule has 0 amide bonds. The molecule has 0 aliphatic carbocycles. The number of halogens is 1. The normalized spacial score (nSPS) is 12.1. The first kappa shape index (κ1) is 13.7. The van der Waals surface area contributed by atoms with Crippen molar-refractivity contribution >= 4 is 27.3 Å². The highest BCUT2D eigenvalue weighted by atomic mass is 79.9. The van der Waals surface area contributed by atoms with Crippen LogP contribution in [0.1, 0.15) is 42.9 Å². The largest absolute Gasteiger partial charge is 0.262 e. The molecule has 0 aliphatic rings. The molecular formula is C13H18BrN3S. The SMILES string of the molecule is Cc1nn(Cc2nc(C(C)(C)C)cs2)c(C)c1Br. The molecule has 0 saturated carbocycles. The topological polar surface area (TPSA) is 30.7 Å². The van der Waals surface area contributed by atoms with Gasteiger partial charge in [0.2, 0.25) is 0 Å². The highest BCUT2D eigenvalue weighted by molar-refractivity contribution is 9.10. The summed E-state index contributed by atoms with van der Waals surface area (Å²) in [6.07, 6.45) is 0. The van der Waals surface area contributed by atoms with Crippen LogP contribution in [0.25, 0.3) is 0 Å². The minimum atomic E-state index is 0.115. The molecule has 98 valence electrons. The Labute approximate surface area is 120 Å². The van der Waals surface area contributed by atoms with E-state index in [1.54, 1.807) is 11.3 Å². The maximum Gasteiger partial charge on any atom is 0.114 e. The van der Waals surface area contributed by atoms with Crippen molar-refractivity contribution in [2.45, 2.75) is 46.6 Å². The van der Waals surface area contributed by atoms with E-state index in [-0.39, 0.29) is 5.41 Å². The van der Waals surface area contributed by atoms with Crippen molar-refractivity contribution in [3.05, 3.63) is 31.9 Å². The second-order valence-corrected chi connectivity index (χ2v) is 7.25. The van der Waals surface area contributed by atoms with E-state index in [0.29, 0.717) is 0 Å². The fourth-order valence-corrected chi connectivity index (χ4v) is 2.97. The molecule has 0 spiro atoms. The predicted molar refractivity (Wildman–Crippen MR) is 79.3 cm³/mol. The van der Waals surface area contributed by atoms with Gasteiger partial charge in [0, 0.05) is 10.8 Å². The molecule has 2 aromatic rings. The molecule has 2 rings (SSSR count). The van der Waals surface area contributed by atoms with Crippen LogP contribution in [-0.2, 0) is 12.0 Å². The molecule has 0 aromatic carbocycles. The van der Waals surface area contributed by atoms with Crippen molar-refractivity contribution in [2.24, 2.45) is 0 Å². The van der Waals surface area contributed by atoms with Crippen LogP contribution >= 0.6 is 27.3 Å². The summed E-state index contributed by atoms with van der Waals surface area (Å²) in [6.45, 7) is 11.4. The molecule has 5 heteroatoms. The molecule has 0 aliphatic heterocycles. The smallest absolute Gasteiger partial charge is 0.114 e. The van der Waals surface area contributed by atoms with Crippen molar-refractivity contribution in [3.63, 3.8) is 0 Å². The Hall–Kier alpha value is -0.680. The first-order chi connectivity index (χ1) is 8.29. The summed E-state index contributed by atoms with van der Waals surface area (Å²) in [5, 5.41) is 7.77. The van der Waals surface area contributed by atoms with Crippen LogP contribution in [0.3, 0.4) is 0 Å². The van der Waals surface area contributed by atoms with E-state index in [1.165, 1.54) is 0 Å². The van der Waals surface area contributed by atoms with Gasteiger partial charge in [-0.3, -0.25) is 4.68 Å². The Balaban J connectivity index is 2.24. The highest BCUT2D eigenvalue weighted by Crippen LogP contribution is 2.25. The van der Waals surface area contributed by atoms with Crippen molar-refractivity contribution in [1.29, 1.82) is 0 Å². The van der Waals surface area contributed by atoms with Crippen molar-refractivity contribution in [1.82, 2.24) is 14.8 Å². The van der Waals surface area contributed by atoms with Gasteiger partial charge >= 0.3 is 0 Å². The number of thiazole rings is 1. The molecule has 0 atom stereocenters. The maximum atomic E-state index is 4.70. The van der Waals surface area contributed by atoms with Crippen LogP contribution in [-0.4, -0.2) is 14.8 Å². The Morgan fingerprint density at radius 3 is 2.44 bits per heavy atom. The van der Waals surface area contributed by atoms with E-state index >= 15 is 0 Å². The fourth-order valence-electron chi connectivity index (χ4n) is 1.69. The third-order valence-electron chi connectivity index (χ3n) is 2.90. The molecule has 0 unspecified atom stereocenters. The molecule has 0 N–H and O–H groups in total. The lowest BCUT2D eigenvalue weighted by molar-refractivity contribution is 0.567. The summed E-state index contributed by atoms with van der Waals surface area (Å²) in [4.78, 5) is 4.70. The second-order valence-electron chi connectivity index (χ2n) is 5.52. The van der Waals surface area contributed by atoms with Crippen LogP contribution in [0.4, 0.5) is 0 Å². The zero-order valence-electron chi connectivity index (χ0n) is 11.4. The third-order valence-corrected chi connectivity index (χ3v) is 4.88. The second kappa shape index (κ2) is 4.78. The lowest BCUT2D eigenvalue weighted by Crippen LogP contribution is -2.12. The average Bonchev–Trinajstić information content (AvgIpc) is 2.81. The maximum absolute atomic E-state index is 4.70. The molecular weight excluding hydrogens is 310 g/mol. The van der Waals surface area contributed by atoms with Crippen LogP contribution in [0.5, 0.6) is 0 Å². The molecule has 0 bridgehead atoms. The Kier molecular flexibility index (Phi) is 3.65. The lowest BCUT2D eigenvalue weighted by atomic mass is 9.93. The van der Waals surface area contributed by atoms with Gasteiger partial charge in [-0.25, -0.2) is 4.98 Å². The van der Waals surface area contributed by atoms with E-state index in [2.05, 4.69) is 54.1 Å². The van der Waals surface area contributed by atoms with Crippen molar-refractivity contribution in [2.75, 3.05) is 0 Å². The zero-order valence-corrected chi connectivity index (χ0v) is 13.8. The summed E-state index contributed by atoms with van der Waals surface area (Å²) >= 11 is 5.26. The zero-order chi connectivity index (χ0) is 13.5. The average molecular weight is 328 g/mol. The van der Waals surface area contributed by atoms with E-state index in [1.807, 2.05) is 11.6 Å². The molecule has 2 heterocycles. The summed E-state index contributed by atoms with van der Waals surface area (Å²) in [5.74, 6) is 0. The molecule has 3 nitrogen and oxygen atoms in total. The monoisotopic (exact) mass is 327 g/mol. The van der Waals surface area contributed by atoms with E-state index < -0.39 is 0 Å². The number of aromatic nitrogens is 3. The predicted octanol–water partition coefficient (Wildman–Crippen LogP) is 4.06. The van der Waals surface area contributed by atoms with E-state index in [9.17, 15) is 0 Å². The van der Waals surface area contributed by atoms with Gasteiger partial charge in [0.05, 0.1) is 28.1 Å². The van der Waals surface area contributed by atoms with Crippen LogP contribution in [0.2, 0.25) is 0 Å². The minimum Gasteiger partial charge on any atom is -0.262 e. The Bertz CT molecular complexity index is 563. The van der Waals surface area contributed by atoms with Crippen molar-refractivity contribution < 1.29 is 0 Å². The first-order valence-corrected chi connectivity index (χ1v) is 7.60. The summed E-state index contributed by atoms with van der Waals surface area (Å²) in [7, 11) is 0. The highest BCUT2D eigenvalue weighted by Gasteiger charge is 2.18. The summed E-state index contributed by atoms with van der Waals surface area (Å²) in [6, 6.07) is 0. The molecule has 18 heavy (non-hydrogen) atoms. The number of aryl methyl sites for hydroxylation is 1. The minimum absolute atomic E-state index is 0.115. The number of nitrogens with zero attached hydrogens (tertiary/aromatic N) is 3. The number of rotatable bonds is 2. The van der Waals surface area contributed by atoms with Gasteiger partial charge < -0.3 is 0 Å². The molecule has 0 radical (unpaired) electrons. The van der Waals surface area contributed by atoms with Gasteiger partial charge in [0.15, 0.2) is 0 Å². The Morgan fingerprint density at radius 1 is 1.33 bits per heavy atom. The Morgan fingerprint density at radius 2 is 2.00 bits per heavy atom. The van der Waals surface area contributed by atoms with E-state index in [0.717, 1.165) is 33.1 Å². The third kappa shape index (κ3) is 2.67. The quantitative estimate of drug-likeness (QED) is 0.832.